The number of ketones is 1. The van der Waals surface area contributed by atoms with Gasteiger partial charge in [-0.15, -0.1) is 65.7 Å². The molecule has 14 aromatic rings. The van der Waals surface area contributed by atoms with E-state index in [2.05, 4.69) is 112 Å². The van der Waals surface area contributed by atoms with Gasteiger partial charge in [0.25, 0.3) is 0 Å². The number of ether oxygens (including phenoxy) is 3. The first-order chi connectivity index (χ1) is 55.5. The van der Waals surface area contributed by atoms with Crippen molar-refractivity contribution in [1.82, 2.24) is 65.3 Å². The van der Waals surface area contributed by atoms with Crippen molar-refractivity contribution in [2.75, 3.05) is 47.8 Å². The summed E-state index contributed by atoms with van der Waals surface area (Å²) in [6.45, 7) is 2.65. The maximum atomic E-state index is 12.5. The van der Waals surface area contributed by atoms with E-state index in [1.54, 1.807) is 98.6 Å². The van der Waals surface area contributed by atoms with Gasteiger partial charge >= 0.3 is 17.9 Å². The zero-order chi connectivity index (χ0) is 83.9. The molecule has 0 saturated heterocycles. The molecular weight excluding hydrogens is 1870 g/mol. The van der Waals surface area contributed by atoms with Crippen molar-refractivity contribution in [1.29, 1.82) is 0 Å². The SMILES string of the molecule is CCOC(=O)c1nnn(Cc2ccc(OC)cc2)c1Nc1nc(-c2ccc(Cl)c(Cl)c2)cs1.COc1ccc(Cn2nnc(C(=O)O)c2Nc2nc(-c3ccc(Cl)c(Cl)c3)cs2)cc1.NC(N)=S.Nc1nc(-c2ccc(Cl)c(Cl)c2)cs1.O=C(CBr)c1ccc(Cl)c(Cl)c1.O=C(O)c1n[nH]nc1Nc1nc(-c2ccc(Cl)c(Cl)c2)cs1. The quantitative estimate of drug-likeness (QED) is 0.0132. The van der Waals surface area contributed by atoms with Gasteiger partial charge in [0.05, 0.1) is 112 Å². The number of H-pyrrole nitrogens is 1. The molecule has 12 N–H and O–H groups in total. The van der Waals surface area contributed by atoms with Gasteiger partial charge in [-0.25, -0.2) is 43.7 Å². The molecule has 0 aliphatic rings. The highest BCUT2D eigenvalue weighted by Crippen LogP contribution is 2.37. The standard InChI is InChI=1S/C22H19Cl2N5O3S.C20H15Cl2N5O3S.C12H7Cl2N5O2S.C9H6Cl2N2S.C8H5BrCl2O.CH4N2S/c1-3-32-21(30)19-20(29(28-27-19)11-13-4-7-15(31-2)8-5-13)26-22-25-18(12-33-22)14-6-9-16(23)17(24)10-14;1-30-13-5-2-11(3-6-13)9-27-18(17(19(28)29)25-26-27)24-20-23-16(10-31-20)12-4-7-14(21)15(22)8-12;13-6-2-1-5(3-7(6)14)8-4-22-12(15-8)16-10-9(11(20)21)17-19-18-10;10-6-2-1-5(3-7(6)11)8-4-14-9(12)13-8;9-4-8(12)5-1-2-6(10)7(11)3-5;2-1(3)4/h4-10,12H,3,11H2,1-2H3,(H,25,26);2-8,10H,9H2,1H3,(H,23,24)(H,28,29);1-4H,(H,20,21)(H2,15,16,17,18,19);1-4H,(H2,12,13);1-3H,4H2;(H4,2,3,4). The number of alkyl halides is 1. The van der Waals surface area contributed by atoms with Crippen LogP contribution in [0.1, 0.15) is 59.9 Å². The van der Waals surface area contributed by atoms with Crippen molar-refractivity contribution in [2.45, 2.75) is 20.0 Å². The van der Waals surface area contributed by atoms with Crippen LogP contribution in [0.5, 0.6) is 11.5 Å². The molecule has 116 heavy (non-hydrogen) atoms. The van der Waals surface area contributed by atoms with Crippen molar-refractivity contribution in [3.05, 3.63) is 245 Å². The minimum atomic E-state index is -1.19. The third kappa shape index (κ3) is 25.7. The summed E-state index contributed by atoms with van der Waals surface area (Å²) in [6, 6.07) is 40.9. The second-order valence-corrected chi connectivity index (χ2v) is 31.2. The number of nitrogens with one attached hydrogen (secondary N) is 4. The number of esters is 1. The number of rotatable bonds is 22. The minimum Gasteiger partial charge on any atom is -0.497 e. The van der Waals surface area contributed by atoms with Crippen LogP contribution in [-0.4, -0.2) is 131 Å². The van der Waals surface area contributed by atoms with Crippen LogP contribution >= 0.6 is 190 Å². The number of nitrogen functional groups attached to an aromatic ring is 1. The number of nitrogens with two attached hydrogens (primary N) is 3. The van der Waals surface area contributed by atoms with Gasteiger partial charge in [-0.1, -0.05) is 191 Å². The predicted molar refractivity (Wildman–Crippen MR) is 471 cm³/mol. The summed E-state index contributed by atoms with van der Waals surface area (Å²) in [7, 11) is 3.20. The number of carbonyl (C=O) groups excluding carboxylic acids is 2. The fraction of sp³-hybridized carbons (Fsp3) is 0.0972. The highest BCUT2D eigenvalue weighted by atomic mass is 79.9. The number of methoxy groups -OCH3 is 2. The zero-order valence-electron chi connectivity index (χ0n) is 59.5. The number of benzene rings is 7. The van der Waals surface area contributed by atoms with Gasteiger partial charge in [0.15, 0.2) is 48.9 Å². The third-order valence-electron chi connectivity index (χ3n) is 14.8. The number of thiazole rings is 4. The van der Waals surface area contributed by atoms with Crippen molar-refractivity contribution >= 4 is 256 Å². The van der Waals surface area contributed by atoms with Gasteiger partial charge in [0.1, 0.15) is 11.5 Å². The van der Waals surface area contributed by atoms with Crippen LogP contribution in [0.4, 0.5) is 38.0 Å². The summed E-state index contributed by atoms with van der Waals surface area (Å²) >= 11 is 71.7. The van der Waals surface area contributed by atoms with E-state index in [-0.39, 0.29) is 46.2 Å². The first-order valence-corrected chi connectivity index (χ1v) is 41.3. The van der Waals surface area contributed by atoms with Crippen molar-refractivity contribution in [3.63, 3.8) is 0 Å². The van der Waals surface area contributed by atoms with Gasteiger partial charge < -0.3 is 57.6 Å². The van der Waals surface area contributed by atoms with Crippen molar-refractivity contribution in [2.24, 2.45) is 11.5 Å². The number of hydrogen-bond donors (Lipinski definition) is 9. The molecule has 14 rings (SSSR count). The summed E-state index contributed by atoms with van der Waals surface area (Å²) in [5.74, 6) is -0.747. The molecule has 0 unspecified atom stereocenters. The molecule has 0 fully saturated rings. The molecule has 0 aliphatic heterocycles. The molecule has 0 amide bonds. The number of carbonyl (C=O) groups is 4. The van der Waals surface area contributed by atoms with Gasteiger partial charge in [-0.2, -0.15) is 5.21 Å². The molecule has 7 aromatic heterocycles. The molecule has 7 heterocycles. The molecule has 0 aliphatic carbocycles. The summed E-state index contributed by atoms with van der Waals surface area (Å²) in [6.07, 6.45) is 0. The maximum Gasteiger partial charge on any atom is 0.362 e. The molecule has 7 aromatic carbocycles. The number of carboxylic acid groups (broad SMARTS) is 2. The average molecular weight is 1930 g/mol. The Morgan fingerprint density at radius 3 is 1.21 bits per heavy atom. The van der Waals surface area contributed by atoms with Crippen LogP contribution in [0.3, 0.4) is 0 Å². The number of aromatic nitrogens is 13. The van der Waals surface area contributed by atoms with Crippen LogP contribution in [0, 0.1) is 0 Å². The Balaban J connectivity index is 0.000000171. The minimum absolute atomic E-state index is 0.000000000000000222. The fourth-order valence-corrected chi connectivity index (χ4v) is 13.9. The lowest BCUT2D eigenvalue weighted by Gasteiger charge is -2.09. The number of hydrogen-bond acceptors (Lipinski definition) is 26. The molecule has 0 bridgehead atoms. The number of Topliss-reactive ketones (excluding diaryl/α,β-unsaturated/α-hetero) is 1. The Bertz CT molecular complexity index is 5770. The number of halogens is 11. The third-order valence-corrected chi connectivity index (χ3v) is 22.0. The molecule has 0 radical (unpaired) electrons. The lowest BCUT2D eigenvalue weighted by atomic mass is 10.1. The summed E-state index contributed by atoms with van der Waals surface area (Å²) in [5.41, 5.74) is 23.1. The van der Waals surface area contributed by atoms with E-state index in [4.69, 9.17) is 141 Å². The van der Waals surface area contributed by atoms with Crippen LogP contribution < -0.4 is 42.6 Å². The maximum absolute atomic E-state index is 12.5. The Morgan fingerprint density at radius 2 is 0.853 bits per heavy atom. The van der Waals surface area contributed by atoms with Crippen LogP contribution in [-0.2, 0) is 17.8 Å². The summed E-state index contributed by atoms with van der Waals surface area (Å²) in [4.78, 5) is 63.8. The Hall–Kier alpha value is -9.57. The fourth-order valence-electron chi connectivity index (χ4n) is 9.33. The summed E-state index contributed by atoms with van der Waals surface area (Å²) in [5, 5.41) is 67.5. The predicted octanol–water partition coefficient (Wildman–Crippen LogP) is 21.0. The molecule has 0 atom stereocenters. The van der Waals surface area contributed by atoms with E-state index in [1.165, 1.54) is 50.0 Å². The first kappa shape index (κ1) is 90.3. The van der Waals surface area contributed by atoms with E-state index < -0.39 is 17.9 Å². The number of aromatic amines is 1. The largest absolute Gasteiger partial charge is 0.497 e. The number of anilines is 7. The Kier molecular flexibility index (Phi) is 33.9. The molecule has 600 valence electrons. The summed E-state index contributed by atoms with van der Waals surface area (Å²) < 4.78 is 18.6. The van der Waals surface area contributed by atoms with Crippen molar-refractivity contribution in [3.8, 4) is 56.5 Å². The van der Waals surface area contributed by atoms with E-state index >= 15 is 0 Å². The molecule has 28 nitrogen and oxygen atoms in total. The van der Waals surface area contributed by atoms with Gasteiger partial charge in [-0.05, 0) is 121 Å². The van der Waals surface area contributed by atoms with Crippen molar-refractivity contribution < 1.29 is 43.6 Å². The normalized spacial score (nSPS) is 10.5. The van der Waals surface area contributed by atoms with Crippen LogP contribution in [0.2, 0.25) is 50.2 Å². The second-order valence-electron chi connectivity index (χ2n) is 22.6. The van der Waals surface area contributed by atoms with E-state index in [9.17, 15) is 24.3 Å². The van der Waals surface area contributed by atoms with Crippen LogP contribution in [0.15, 0.2) is 161 Å². The topological polar surface area (TPSA) is 405 Å². The number of carboxylic acids is 2. The monoisotopic (exact) mass is 1920 g/mol. The first-order valence-electron chi connectivity index (χ1n) is 32.5. The highest BCUT2D eigenvalue weighted by molar-refractivity contribution is 9.09. The molecule has 44 heteroatoms. The Morgan fingerprint density at radius 1 is 0.491 bits per heavy atom. The van der Waals surface area contributed by atoms with Gasteiger partial charge in [0.2, 0.25) is 17.1 Å². The lowest BCUT2D eigenvalue weighted by Crippen LogP contribution is -2.18. The number of aromatic carboxylic acids is 2. The number of nitrogens with zero attached hydrogens (tertiary/aromatic N) is 12. The van der Waals surface area contributed by atoms with E-state index in [0.717, 1.165) is 50.6 Å². The molecule has 0 saturated carbocycles. The molecule has 0 spiro atoms. The highest BCUT2D eigenvalue weighted by Gasteiger charge is 2.25. The van der Waals surface area contributed by atoms with Crippen LogP contribution in [0.25, 0.3) is 45.0 Å². The Labute approximate surface area is 739 Å². The zero-order valence-corrected chi connectivity index (χ0v) is 72.7. The second kappa shape index (κ2) is 43.6. The van der Waals surface area contributed by atoms with Gasteiger partial charge in [-0.3, -0.25) is 4.79 Å². The number of thiocarbonyl (C=S) groups is 1. The van der Waals surface area contributed by atoms with E-state index in [0.29, 0.717) is 118 Å². The lowest BCUT2D eigenvalue weighted by molar-refractivity contribution is 0.0519. The molecular formula is C72H56BrCl10N19O9S5. The smallest absolute Gasteiger partial charge is 0.362 e. The average Bonchev–Trinajstić information content (AvgIpc) is 1.69. The van der Waals surface area contributed by atoms with Gasteiger partial charge in [0, 0.05) is 49.3 Å². The van der Waals surface area contributed by atoms with E-state index in [1.807, 2.05) is 88.3 Å².